The van der Waals surface area contributed by atoms with Crippen molar-refractivity contribution in [2.24, 2.45) is 0 Å². The summed E-state index contributed by atoms with van der Waals surface area (Å²) in [6, 6.07) is 5.40. The zero-order valence-electron chi connectivity index (χ0n) is 7.13. The summed E-state index contributed by atoms with van der Waals surface area (Å²) < 4.78 is 0. The predicted molar refractivity (Wildman–Crippen MR) is 46.3 cm³/mol. The number of nitrogens with one attached hydrogen (secondary N) is 1. The summed E-state index contributed by atoms with van der Waals surface area (Å²) in [5.74, 6) is 0.563. The van der Waals surface area contributed by atoms with Gasteiger partial charge in [-0.15, -0.1) is 0 Å². The van der Waals surface area contributed by atoms with Crippen LogP contribution in [0, 0.1) is 6.92 Å². The van der Waals surface area contributed by atoms with E-state index >= 15 is 0 Å². The first-order valence-corrected chi connectivity index (χ1v) is 3.67. The van der Waals surface area contributed by atoms with Crippen molar-refractivity contribution in [2.75, 3.05) is 7.05 Å². The minimum atomic E-state index is 0.551. The molecule has 0 saturated heterocycles. The smallest absolute Gasteiger partial charge is 0.157 e. The first kappa shape index (κ1) is 8.74. The van der Waals surface area contributed by atoms with Crippen molar-refractivity contribution in [3.8, 4) is 5.75 Å². The van der Waals surface area contributed by atoms with Gasteiger partial charge in [0.15, 0.2) is 12.0 Å². The largest absolute Gasteiger partial charge is 0.408 e. The Morgan fingerprint density at radius 2 is 2.25 bits per heavy atom. The number of hydroxylamine groups is 1. The van der Waals surface area contributed by atoms with E-state index in [0.29, 0.717) is 11.3 Å². The van der Waals surface area contributed by atoms with Crippen molar-refractivity contribution in [3.05, 3.63) is 29.3 Å². The Labute approximate surface area is 71.3 Å². The number of aldehydes is 1. The highest BCUT2D eigenvalue weighted by atomic mass is 16.6. The molecule has 12 heavy (non-hydrogen) atoms. The van der Waals surface area contributed by atoms with E-state index in [1.807, 2.05) is 13.0 Å². The zero-order chi connectivity index (χ0) is 8.97. The summed E-state index contributed by atoms with van der Waals surface area (Å²) in [5.41, 5.74) is 4.14. The average molecular weight is 165 g/mol. The van der Waals surface area contributed by atoms with Crippen LogP contribution in [0.5, 0.6) is 5.75 Å². The van der Waals surface area contributed by atoms with Crippen molar-refractivity contribution in [3.63, 3.8) is 0 Å². The summed E-state index contributed by atoms with van der Waals surface area (Å²) in [7, 11) is 1.65. The fourth-order valence-electron chi connectivity index (χ4n) is 0.937. The minimum Gasteiger partial charge on any atom is -0.408 e. The van der Waals surface area contributed by atoms with Crippen LogP contribution < -0.4 is 10.3 Å². The SMILES string of the molecule is CNOc1cc(C)ccc1C=O. The maximum atomic E-state index is 10.5. The summed E-state index contributed by atoms with van der Waals surface area (Å²) in [5, 5.41) is 0. The molecule has 0 aliphatic rings. The number of rotatable bonds is 3. The van der Waals surface area contributed by atoms with Gasteiger partial charge in [-0.25, -0.2) is 0 Å². The molecule has 0 amide bonds. The highest BCUT2D eigenvalue weighted by Gasteiger charge is 2.01. The molecular weight excluding hydrogens is 154 g/mol. The van der Waals surface area contributed by atoms with Gasteiger partial charge in [-0.3, -0.25) is 4.79 Å². The molecule has 3 nitrogen and oxygen atoms in total. The van der Waals surface area contributed by atoms with Gasteiger partial charge in [0.2, 0.25) is 0 Å². The molecule has 0 atom stereocenters. The van der Waals surface area contributed by atoms with E-state index in [1.54, 1.807) is 19.2 Å². The molecule has 1 rings (SSSR count). The van der Waals surface area contributed by atoms with Crippen LogP contribution in [-0.4, -0.2) is 13.3 Å². The topological polar surface area (TPSA) is 38.3 Å². The summed E-state index contributed by atoms with van der Waals surface area (Å²) in [4.78, 5) is 15.5. The Morgan fingerprint density at radius 3 is 2.83 bits per heavy atom. The molecule has 3 heteroatoms. The van der Waals surface area contributed by atoms with Crippen LogP contribution in [0.4, 0.5) is 0 Å². The molecule has 0 aliphatic heterocycles. The van der Waals surface area contributed by atoms with E-state index in [0.717, 1.165) is 11.8 Å². The third kappa shape index (κ3) is 1.83. The molecule has 1 aromatic carbocycles. The normalized spacial score (nSPS) is 9.50. The lowest BCUT2D eigenvalue weighted by Gasteiger charge is -2.05. The molecule has 64 valence electrons. The van der Waals surface area contributed by atoms with Gasteiger partial charge in [-0.1, -0.05) is 6.07 Å². The van der Waals surface area contributed by atoms with Crippen LogP contribution in [0.15, 0.2) is 18.2 Å². The second-order valence-electron chi connectivity index (χ2n) is 2.47. The van der Waals surface area contributed by atoms with E-state index in [2.05, 4.69) is 5.48 Å². The lowest BCUT2D eigenvalue weighted by Crippen LogP contribution is -2.12. The highest BCUT2D eigenvalue weighted by molar-refractivity contribution is 5.79. The van der Waals surface area contributed by atoms with Gasteiger partial charge in [-0.05, 0) is 24.6 Å². The molecule has 1 N–H and O–H groups in total. The average Bonchev–Trinajstić information content (AvgIpc) is 2.05. The van der Waals surface area contributed by atoms with Gasteiger partial charge in [0, 0.05) is 7.05 Å². The van der Waals surface area contributed by atoms with E-state index in [4.69, 9.17) is 4.84 Å². The summed E-state index contributed by atoms with van der Waals surface area (Å²) in [6.45, 7) is 1.94. The van der Waals surface area contributed by atoms with Crippen molar-refractivity contribution in [1.82, 2.24) is 5.48 Å². The molecule has 0 aliphatic carbocycles. The fourth-order valence-corrected chi connectivity index (χ4v) is 0.937. The number of benzene rings is 1. The van der Waals surface area contributed by atoms with Crippen LogP contribution in [0.1, 0.15) is 15.9 Å². The van der Waals surface area contributed by atoms with Crippen LogP contribution >= 0.6 is 0 Å². The first-order chi connectivity index (χ1) is 5.77. The van der Waals surface area contributed by atoms with Gasteiger partial charge in [-0.2, -0.15) is 5.48 Å². The lowest BCUT2D eigenvalue weighted by molar-refractivity contribution is 0.111. The van der Waals surface area contributed by atoms with Crippen LogP contribution in [0.3, 0.4) is 0 Å². The van der Waals surface area contributed by atoms with Crippen molar-refractivity contribution < 1.29 is 9.63 Å². The Kier molecular flexibility index (Phi) is 2.82. The molecule has 0 bridgehead atoms. The molecule has 1 aromatic rings. The molecule has 0 fully saturated rings. The third-order valence-corrected chi connectivity index (χ3v) is 1.51. The summed E-state index contributed by atoms with van der Waals surface area (Å²) in [6.07, 6.45) is 0.770. The Hall–Kier alpha value is -1.35. The highest BCUT2D eigenvalue weighted by Crippen LogP contribution is 2.17. The van der Waals surface area contributed by atoms with Gasteiger partial charge in [0.25, 0.3) is 0 Å². The molecular formula is C9H11NO2. The minimum absolute atomic E-state index is 0.551. The molecule has 0 spiro atoms. The van der Waals surface area contributed by atoms with Gasteiger partial charge in [0.1, 0.15) is 0 Å². The maximum Gasteiger partial charge on any atom is 0.157 e. The molecule has 0 unspecified atom stereocenters. The van der Waals surface area contributed by atoms with Gasteiger partial charge in [0.05, 0.1) is 5.56 Å². The zero-order valence-corrected chi connectivity index (χ0v) is 7.13. The molecule has 0 aromatic heterocycles. The lowest BCUT2D eigenvalue weighted by atomic mass is 10.1. The second kappa shape index (κ2) is 3.88. The maximum absolute atomic E-state index is 10.5. The Bertz CT molecular complexity index is 284. The first-order valence-electron chi connectivity index (χ1n) is 3.67. The van der Waals surface area contributed by atoms with Crippen molar-refractivity contribution >= 4 is 6.29 Å². The number of carbonyl (C=O) groups excluding carboxylic acids is 1. The number of hydrogen-bond donors (Lipinski definition) is 1. The number of aryl methyl sites for hydroxylation is 1. The van der Waals surface area contributed by atoms with Crippen LogP contribution in [0.25, 0.3) is 0 Å². The molecule has 0 radical (unpaired) electrons. The Morgan fingerprint density at radius 1 is 1.50 bits per heavy atom. The van der Waals surface area contributed by atoms with E-state index in [9.17, 15) is 4.79 Å². The number of carbonyl (C=O) groups is 1. The predicted octanol–water partition coefficient (Wildman–Crippen LogP) is 1.32. The van der Waals surface area contributed by atoms with Gasteiger partial charge < -0.3 is 4.84 Å². The van der Waals surface area contributed by atoms with Crippen LogP contribution in [-0.2, 0) is 0 Å². The quantitative estimate of drug-likeness (QED) is 0.542. The fraction of sp³-hybridized carbons (Fsp3) is 0.222. The summed E-state index contributed by atoms with van der Waals surface area (Å²) >= 11 is 0. The molecule has 0 saturated carbocycles. The Balaban J connectivity index is 3.03. The third-order valence-electron chi connectivity index (χ3n) is 1.51. The van der Waals surface area contributed by atoms with Crippen molar-refractivity contribution in [2.45, 2.75) is 6.92 Å². The molecule has 0 heterocycles. The van der Waals surface area contributed by atoms with Crippen molar-refractivity contribution in [1.29, 1.82) is 0 Å². The van der Waals surface area contributed by atoms with Gasteiger partial charge >= 0.3 is 0 Å². The van der Waals surface area contributed by atoms with E-state index in [-0.39, 0.29) is 0 Å². The van der Waals surface area contributed by atoms with E-state index in [1.165, 1.54) is 0 Å². The monoisotopic (exact) mass is 165 g/mol. The number of hydrogen-bond acceptors (Lipinski definition) is 3. The standard InChI is InChI=1S/C9H11NO2/c1-7-3-4-8(6-11)9(5-7)12-10-2/h3-6,10H,1-2H3. The van der Waals surface area contributed by atoms with Crippen LogP contribution in [0.2, 0.25) is 0 Å². The van der Waals surface area contributed by atoms with E-state index < -0.39 is 0 Å². The second-order valence-corrected chi connectivity index (χ2v) is 2.47.